The van der Waals surface area contributed by atoms with Crippen molar-refractivity contribution >= 4 is 26.5 Å². The van der Waals surface area contributed by atoms with Crippen LogP contribution in [0.2, 0.25) is 0 Å². The van der Waals surface area contributed by atoms with Crippen molar-refractivity contribution in [2.24, 2.45) is 0 Å². The number of H-pyrrole nitrogens is 2. The van der Waals surface area contributed by atoms with Crippen LogP contribution in [0.1, 0.15) is 23.4 Å². The molecule has 0 amide bonds. The molecule has 0 bridgehead atoms. The third-order valence-corrected chi connectivity index (χ3v) is 5.69. The second-order valence-electron chi connectivity index (χ2n) is 4.64. The second-order valence-corrected chi connectivity index (χ2v) is 7.37. The number of sulfonamides is 1. The smallest absolute Gasteiger partial charge is 0.313 e. The van der Waals surface area contributed by atoms with Gasteiger partial charge in [0, 0.05) is 11.1 Å². The summed E-state index contributed by atoms with van der Waals surface area (Å²) in [6.45, 7) is 0. The van der Waals surface area contributed by atoms with Gasteiger partial charge in [-0.05, 0) is 25.7 Å². The van der Waals surface area contributed by atoms with Gasteiger partial charge in [0.2, 0.25) is 0 Å². The number of hydrogen-bond donors (Lipinski definition) is 3. The van der Waals surface area contributed by atoms with Crippen LogP contribution in [0.5, 0.6) is 0 Å². The van der Waals surface area contributed by atoms with Crippen LogP contribution in [0.3, 0.4) is 0 Å². The third-order valence-electron chi connectivity index (χ3n) is 3.14. The van der Waals surface area contributed by atoms with E-state index in [1.54, 1.807) is 0 Å². The van der Waals surface area contributed by atoms with E-state index in [1.807, 2.05) is 4.98 Å². The second kappa shape index (κ2) is 5.11. The van der Waals surface area contributed by atoms with E-state index in [0.717, 1.165) is 42.5 Å². The highest BCUT2D eigenvalue weighted by atomic mass is 32.2. The van der Waals surface area contributed by atoms with E-state index in [0.29, 0.717) is 0 Å². The van der Waals surface area contributed by atoms with Crippen molar-refractivity contribution in [1.29, 1.82) is 0 Å². The van der Waals surface area contributed by atoms with E-state index >= 15 is 0 Å². The van der Waals surface area contributed by atoms with E-state index in [4.69, 9.17) is 0 Å². The van der Waals surface area contributed by atoms with Gasteiger partial charge in [0.1, 0.15) is 0 Å². The predicted molar refractivity (Wildman–Crippen MR) is 77.2 cm³/mol. The minimum absolute atomic E-state index is 0.243. The van der Waals surface area contributed by atoms with Crippen molar-refractivity contribution in [2.45, 2.75) is 30.6 Å². The SMILES string of the molecule is O=c1[nH]cc(S(=O)(=O)Nc2nc3c(s2)CCCC3)c(=O)[nH]1. The molecular formula is C11H12N4O4S2. The largest absolute Gasteiger partial charge is 0.325 e. The summed E-state index contributed by atoms with van der Waals surface area (Å²) >= 11 is 1.28. The molecule has 3 N–H and O–H groups in total. The standard InChI is InChI=1S/C11H12N4O4S2/c16-9-8(5-12-10(17)14-9)21(18,19)15-11-13-6-3-1-2-4-7(6)20-11/h5H,1-4H2,(H,13,15)(H2,12,14,16,17). The fourth-order valence-corrected chi connectivity index (χ4v) is 4.45. The molecule has 0 aliphatic heterocycles. The molecule has 1 aliphatic carbocycles. The Morgan fingerprint density at radius 1 is 1.24 bits per heavy atom. The van der Waals surface area contributed by atoms with Crippen LogP contribution in [0.25, 0.3) is 0 Å². The van der Waals surface area contributed by atoms with E-state index < -0.39 is 26.2 Å². The molecule has 0 radical (unpaired) electrons. The summed E-state index contributed by atoms with van der Waals surface area (Å²) in [7, 11) is -4.08. The highest BCUT2D eigenvalue weighted by Gasteiger charge is 2.22. The van der Waals surface area contributed by atoms with Crippen molar-refractivity contribution in [1.82, 2.24) is 15.0 Å². The van der Waals surface area contributed by atoms with Gasteiger partial charge in [-0.25, -0.2) is 18.2 Å². The van der Waals surface area contributed by atoms with Gasteiger partial charge in [-0.2, -0.15) is 0 Å². The Bertz CT molecular complexity index is 870. The molecule has 21 heavy (non-hydrogen) atoms. The summed E-state index contributed by atoms with van der Waals surface area (Å²) < 4.78 is 26.6. The van der Waals surface area contributed by atoms with Crippen LogP contribution in [-0.4, -0.2) is 23.4 Å². The highest BCUT2D eigenvalue weighted by Crippen LogP contribution is 2.30. The van der Waals surface area contributed by atoms with Crippen LogP contribution >= 0.6 is 11.3 Å². The van der Waals surface area contributed by atoms with Gasteiger partial charge >= 0.3 is 5.69 Å². The van der Waals surface area contributed by atoms with Crippen LogP contribution in [0.4, 0.5) is 5.13 Å². The minimum atomic E-state index is -4.08. The van der Waals surface area contributed by atoms with Crippen LogP contribution < -0.4 is 16.0 Å². The van der Waals surface area contributed by atoms with Crippen molar-refractivity contribution < 1.29 is 8.42 Å². The molecule has 1 aliphatic rings. The Balaban J connectivity index is 1.94. The van der Waals surface area contributed by atoms with Crippen molar-refractivity contribution in [3.8, 4) is 0 Å². The normalized spacial score (nSPS) is 14.7. The van der Waals surface area contributed by atoms with Gasteiger partial charge in [-0.3, -0.25) is 14.5 Å². The average molecular weight is 328 g/mol. The quantitative estimate of drug-likeness (QED) is 0.742. The van der Waals surface area contributed by atoms with Gasteiger partial charge in [-0.1, -0.05) is 0 Å². The topological polar surface area (TPSA) is 125 Å². The molecule has 0 saturated carbocycles. The van der Waals surface area contributed by atoms with Crippen molar-refractivity contribution in [3.63, 3.8) is 0 Å². The summed E-state index contributed by atoms with van der Waals surface area (Å²) in [4.78, 5) is 31.3. The van der Waals surface area contributed by atoms with E-state index in [1.165, 1.54) is 11.3 Å². The first-order valence-electron chi connectivity index (χ1n) is 6.29. The average Bonchev–Trinajstić information content (AvgIpc) is 2.79. The lowest BCUT2D eigenvalue weighted by Gasteiger charge is -2.06. The molecule has 10 heteroatoms. The molecule has 3 rings (SSSR count). The number of aromatic nitrogens is 3. The molecule has 0 atom stereocenters. The lowest BCUT2D eigenvalue weighted by atomic mass is 10.0. The molecule has 0 spiro atoms. The van der Waals surface area contributed by atoms with Gasteiger partial charge in [-0.15, -0.1) is 11.3 Å². The maximum Gasteiger partial charge on any atom is 0.325 e. The molecule has 2 aromatic heterocycles. The predicted octanol–water partition coefficient (Wildman–Crippen LogP) is 0.199. The van der Waals surface area contributed by atoms with Crippen molar-refractivity contribution in [3.05, 3.63) is 37.6 Å². The number of nitrogens with one attached hydrogen (secondary N) is 3. The fraction of sp³-hybridized carbons (Fsp3) is 0.364. The number of fused-ring (bicyclic) bond motifs is 1. The van der Waals surface area contributed by atoms with E-state index in [9.17, 15) is 18.0 Å². The van der Waals surface area contributed by atoms with Crippen LogP contribution in [0, 0.1) is 0 Å². The molecule has 2 aromatic rings. The first-order chi connectivity index (χ1) is 9.95. The molecule has 112 valence electrons. The Hall–Kier alpha value is -1.94. The summed E-state index contributed by atoms with van der Waals surface area (Å²) in [6.07, 6.45) is 4.72. The maximum atomic E-state index is 12.2. The van der Waals surface area contributed by atoms with Crippen LogP contribution in [0.15, 0.2) is 20.7 Å². The summed E-state index contributed by atoms with van der Waals surface area (Å²) in [5.74, 6) is 0. The van der Waals surface area contributed by atoms with E-state index in [2.05, 4.69) is 14.7 Å². The summed E-state index contributed by atoms with van der Waals surface area (Å²) in [5.41, 5.74) is -0.810. The Morgan fingerprint density at radius 3 is 2.71 bits per heavy atom. The molecule has 0 aromatic carbocycles. The van der Waals surface area contributed by atoms with Gasteiger partial charge in [0.15, 0.2) is 10.0 Å². The zero-order valence-corrected chi connectivity index (χ0v) is 12.4. The molecule has 0 unspecified atom stereocenters. The van der Waals surface area contributed by atoms with Gasteiger partial charge < -0.3 is 4.98 Å². The number of nitrogens with zero attached hydrogens (tertiary/aromatic N) is 1. The molecule has 0 fully saturated rings. The highest BCUT2D eigenvalue weighted by molar-refractivity contribution is 7.92. The Morgan fingerprint density at radius 2 is 2.00 bits per heavy atom. The van der Waals surface area contributed by atoms with Gasteiger partial charge in [0.25, 0.3) is 15.6 Å². The zero-order chi connectivity index (χ0) is 15.0. The minimum Gasteiger partial charge on any atom is -0.313 e. The first kappa shape index (κ1) is 14.0. The number of aromatic amines is 2. The van der Waals surface area contributed by atoms with Crippen LogP contribution in [-0.2, 0) is 22.9 Å². The van der Waals surface area contributed by atoms with Crippen molar-refractivity contribution in [2.75, 3.05) is 4.72 Å². The fourth-order valence-electron chi connectivity index (χ4n) is 2.16. The van der Waals surface area contributed by atoms with E-state index in [-0.39, 0.29) is 5.13 Å². The number of thiazole rings is 1. The first-order valence-corrected chi connectivity index (χ1v) is 8.59. The summed E-state index contributed by atoms with van der Waals surface area (Å²) in [5, 5.41) is 0.243. The molecular weight excluding hydrogens is 316 g/mol. The molecule has 8 nitrogen and oxygen atoms in total. The number of anilines is 1. The molecule has 2 heterocycles. The maximum absolute atomic E-state index is 12.2. The number of aryl methyl sites for hydroxylation is 2. The summed E-state index contributed by atoms with van der Waals surface area (Å²) in [6, 6.07) is 0. The zero-order valence-electron chi connectivity index (χ0n) is 10.8. The third kappa shape index (κ3) is 2.76. The number of hydrogen-bond acceptors (Lipinski definition) is 6. The Labute approximate surface area is 123 Å². The van der Waals surface area contributed by atoms with Gasteiger partial charge in [0.05, 0.1) is 5.69 Å². The molecule has 0 saturated heterocycles. The lowest BCUT2D eigenvalue weighted by Crippen LogP contribution is -2.29. The lowest BCUT2D eigenvalue weighted by molar-refractivity contribution is 0.599. The monoisotopic (exact) mass is 328 g/mol. The Kier molecular flexibility index (Phi) is 3.41. The number of rotatable bonds is 3.